The van der Waals surface area contributed by atoms with Crippen molar-refractivity contribution >= 4 is 5.91 Å². The lowest BCUT2D eigenvalue weighted by Crippen LogP contribution is -2.47. The van der Waals surface area contributed by atoms with E-state index >= 15 is 0 Å². The molecular formula is C13H27NO2. The second-order valence-corrected chi connectivity index (χ2v) is 5.26. The molecule has 0 spiro atoms. The molecule has 1 aliphatic carbocycles. The molecule has 96 valence electrons. The summed E-state index contributed by atoms with van der Waals surface area (Å²) in [5.41, 5.74) is -0.404. The van der Waals surface area contributed by atoms with Gasteiger partial charge in [-0.25, -0.2) is 0 Å². The van der Waals surface area contributed by atoms with Crippen LogP contribution in [0.5, 0.6) is 0 Å². The summed E-state index contributed by atoms with van der Waals surface area (Å²) in [6.07, 6.45) is 1.71. The molecule has 0 saturated heterocycles. The first kappa shape index (κ1) is 15.4. The minimum atomic E-state index is -0.500. The van der Waals surface area contributed by atoms with Crippen molar-refractivity contribution in [1.29, 1.82) is 0 Å². The van der Waals surface area contributed by atoms with E-state index in [-0.39, 0.29) is 17.4 Å². The summed E-state index contributed by atoms with van der Waals surface area (Å²) >= 11 is 0. The van der Waals surface area contributed by atoms with Gasteiger partial charge in [0.1, 0.15) is 5.60 Å². The molecule has 1 fully saturated rings. The van der Waals surface area contributed by atoms with Crippen LogP contribution in [0.2, 0.25) is 0 Å². The summed E-state index contributed by atoms with van der Waals surface area (Å²) in [5.74, 6) is 0.0439. The van der Waals surface area contributed by atoms with Crippen molar-refractivity contribution in [3.63, 3.8) is 0 Å². The maximum Gasteiger partial charge on any atom is 0.252 e. The number of amides is 1. The molecule has 1 saturated carbocycles. The van der Waals surface area contributed by atoms with Gasteiger partial charge < -0.3 is 10.1 Å². The predicted molar refractivity (Wildman–Crippen MR) is 67.4 cm³/mol. The van der Waals surface area contributed by atoms with Crippen LogP contribution >= 0.6 is 0 Å². The number of ether oxygens (including phenoxy) is 1. The summed E-state index contributed by atoms with van der Waals surface area (Å²) in [7, 11) is 1.61. The Morgan fingerprint density at radius 1 is 1.31 bits per heavy atom. The van der Waals surface area contributed by atoms with Gasteiger partial charge in [0, 0.05) is 13.2 Å². The van der Waals surface area contributed by atoms with E-state index in [1.54, 1.807) is 7.11 Å². The maximum absolute atomic E-state index is 11.8. The molecular weight excluding hydrogens is 202 g/mol. The second kappa shape index (κ2) is 5.67. The zero-order valence-corrected chi connectivity index (χ0v) is 11.8. The average Bonchev–Trinajstić information content (AvgIpc) is 3.00. The first-order valence-corrected chi connectivity index (χ1v) is 6.18. The fourth-order valence-electron chi connectivity index (χ4n) is 1.18. The molecule has 0 bridgehead atoms. The van der Waals surface area contributed by atoms with Gasteiger partial charge in [0.25, 0.3) is 5.91 Å². The summed E-state index contributed by atoms with van der Waals surface area (Å²) in [4.78, 5) is 11.8. The molecule has 0 aromatic heterocycles. The Morgan fingerprint density at radius 3 is 2.00 bits per heavy atom. The third kappa shape index (κ3) is 3.78. The van der Waals surface area contributed by atoms with Crippen LogP contribution in [0.3, 0.4) is 0 Å². The lowest BCUT2D eigenvalue weighted by atomic mass is 9.88. The molecule has 0 heterocycles. The molecule has 0 aromatic carbocycles. The highest BCUT2D eigenvalue weighted by Crippen LogP contribution is 2.39. The molecule has 3 nitrogen and oxygen atoms in total. The number of hydrogen-bond acceptors (Lipinski definition) is 2. The van der Waals surface area contributed by atoms with Gasteiger partial charge in [-0.15, -0.1) is 0 Å². The van der Waals surface area contributed by atoms with Crippen molar-refractivity contribution in [2.75, 3.05) is 7.11 Å². The van der Waals surface area contributed by atoms with E-state index in [0.29, 0.717) is 0 Å². The van der Waals surface area contributed by atoms with Crippen LogP contribution in [0.4, 0.5) is 0 Å². The normalized spacial score (nSPS) is 19.2. The maximum atomic E-state index is 11.8. The fraction of sp³-hybridized carbons (Fsp3) is 0.923. The molecule has 0 radical (unpaired) electrons. The van der Waals surface area contributed by atoms with E-state index in [4.69, 9.17) is 4.74 Å². The van der Waals surface area contributed by atoms with E-state index in [1.807, 2.05) is 20.8 Å². The lowest BCUT2D eigenvalue weighted by Gasteiger charge is -2.29. The van der Waals surface area contributed by atoms with Crippen LogP contribution in [0.1, 0.15) is 54.4 Å². The van der Waals surface area contributed by atoms with Crippen molar-refractivity contribution in [1.82, 2.24) is 5.32 Å². The topological polar surface area (TPSA) is 38.3 Å². The van der Waals surface area contributed by atoms with Crippen molar-refractivity contribution in [3.05, 3.63) is 0 Å². The minimum absolute atomic E-state index is 0.0439. The van der Waals surface area contributed by atoms with Crippen molar-refractivity contribution in [2.24, 2.45) is 5.41 Å². The SMILES string of the molecule is CC.COC1(C(=O)NC(C)C(C)(C)C)CC1. The van der Waals surface area contributed by atoms with E-state index < -0.39 is 5.60 Å². The standard InChI is InChI=1S/C11H21NO2.C2H6/c1-8(10(2,3)4)12-9(13)11(14-5)6-7-11;1-2/h8H,6-7H2,1-5H3,(H,12,13);1-2H3. The van der Waals surface area contributed by atoms with Crippen molar-refractivity contribution < 1.29 is 9.53 Å². The summed E-state index contributed by atoms with van der Waals surface area (Å²) in [6, 6.07) is 0.169. The fourth-order valence-corrected chi connectivity index (χ4v) is 1.18. The lowest BCUT2D eigenvalue weighted by molar-refractivity contribution is -0.134. The number of methoxy groups -OCH3 is 1. The highest BCUT2D eigenvalue weighted by Gasteiger charge is 2.51. The van der Waals surface area contributed by atoms with Gasteiger partial charge in [0.15, 0.2) is 0 Å². The predicted octanol–water partition coefficient (Wildman–Crippen LogP) is 2.74. The molecule has 0 aliphatic heterocycles. The zero-order valence-electron chi connectivity index (χ0n) is 11.8. The third-order valence-corrected chi connectivity index (χ3v) is 3.16. The van der Waals surface area contributed by atoms with Gasteiger partial charge in [0.2, 0.25) is 0 Å². The van der Waals surface area contributed by atoms with Crippen LogP contribution in [0, 0.1) is 5.41 Å². The minimum Gasteiger partial charge on any atom is -0.368 e. The second-order valence-electron chi connectivity index (χ2n) is 5.26. The van der Waals surface area contributed by atoms with Crippen LogP contribution < -0.4 is 5.32 Å². The average molecular weight is 229 g/mol. The number of carbonyl (C=O) groups is 1. The first-order valence-electron chi connectivity index (χ1n) is 6.18. The van der Waals surface area contributed by atoms with Crippen LogP contribution in [0.25, 0.3) is 0 Å². The Labute approximate surface area is 99.9 Å². The Hall–Kier alpha value is -0.570. The Kier molecular flexibility index (Phi) is 5.47. The smallest absolute Gasteiger partial charge is 0.252 e. The number of carbonyl (C=O) groups excluding carboxylic acids is 1. The van der Waals surface area contributed by atoms with Gasteiger partial charge in [-0.1, -0.05) is 34.6 Å². The summed E-state index contributed by atoms with van der Waals surface area (Å²) in [5, 5.41) is 3.01. The highest BCUT2D eigenvalue weighted by molar-refractivity contribution is 5.88. The summed E-state index contributed by atoms with van der Waals surface area (Å²) in [6.45, 7) is 12.4. The van der Waals surface area contributed by atoms with Crippen molar-refractivity contribution in [3.8, 4) is 0 Å². The van der Waals surface area contributed by atoms with E-state index in [2.05, 4.69) is 26.1 Å². The zero-order chi connectivity index (χ0) is 13.0. The van der Waals surface area contributed by atoms with Gasteiger partial charge in [-0.05, 0) is 25.2 Å². The molecule has 1 N–H and O–H groups in total. The monoisotopic (exact) mass is 229 g/mol. The third-order valence-electron chi connectivity index (χ3n) is 3.16. The Bertz CT molecular complexity index is 227. The molecule has 0 aromatic rings. The van der Waals surface area contributed by atoms with Crippen molar-refractivity contribution in [2.45, 2.75) is 66.0 Å². The van der Waals surface area contributed by atoms with Gasteiger partial charge in [-0.3, -0.25) is 4.79 Å². The van der Waals surface area contributed by atoms with E-state index in [1.165, 1.54) is 0 Å². The quantitative estimate of drug-likeness (QED) is 0.808. The van der Waals surface area contributed by atoms with Crippen LogP contribution in [-0.2, 0) is 9.53 Å². The number of nitrogens with one attached hydrogen (secondary N) is 1. The largest absolute Gasteiger partial charge is 0.368 e. The Balaban J connectivity index is 0.00000106. The first-order chi connectivity index (χ1) is 7.32. The van der Waals surface area contributed by atoms with Gasteiger partial charge in [-0.2, -0.15) is 0 Å². The molecule has 16 heavy (non-hydrogen) atoms. The van der Waals surface area contributed by atoms with Crippen LogP contribution in [-0.4, -0.2) is 24.7 Å². The molecule has 1 atom stereocenters. The molecule has 1 amide bonds. The highest BCUT2D eigenvalue weighted by atomic mass is 16.5. The summed E-state index contributed by atoms with van der Waals surface area (Å²) < 4.78 is 5.21. The Morgan fingerprint density at radius 2 is 1.75 bits per heavy atom. The molecule has 1 unspecified atom stereocenters. The number of rotatable bonds is 3. The van der Waals surface area contributed by atoms with E-state index in [9.17, 15) is 4.79 Å². The molecule has 1 aliphatic rings. The van der Waals surface area contributed by atoms with Crippen LogP contribution in [0.15, 0.2) is 0 Å². The molecule has 3 heteroatoms. The number of hydrogen-bond donors (Lipinski definition) is 1. The van der Waals surface area contributed by atoms with Gasteiger partial charge >= 0.3 is 0 Å². The van der Waals surface area contributed by atoms with Gasteiger partial charge in [0.05, 0.1) is 0 Å². The van der Waals surface area contributed by atoms with E-state index in [0.717, 1.165) is 12.8 Å². The molecule has 1 rings (SSSR count).